The van der Waals surface area contributed by atoms with Crippen molar-refractivity contribution in [1.29, 1.82) is 0 Å². The third kappa shape index (κ3) is 3.55. The molecule has 0 aliphatic carbocycles. The maximum absolute atomic E-state index is 6.41. The van der Waals surface area contributed by atoms with E-state index in [2.05, 4.69) is 20.5 Å². The lowest BCUT2D eigenvalue weighted by atomic mass is 10.1. The van der Waals surface area contributed by atoms with Gasteiger partial charge in [-0.1, -0.05) is 35.3 Å². The van der Waals surface area contributed by atoms with E-state index < -0.39 is 0 Å². The molecule has 0 saturated heterocycles. The number of nitrogens with two attached hydrogens (primary N) is 1. The van der Waals surface area contributed by atoms with Crippen LogP contribution in [0.1, 0.15) is 0 Å². The Balaban J connectivity index is 1.93. The molecule has 2 aromatic carbocycles. The van der Waals surface area contributed by atoms with Crippen LogP contribution in [0.5, 0.6) is 0 Å². The van der Waals surface area contributed by atoms with Gasteiger partial charge in [-0.05, 0) is 36.1 Å². The van der Waals surface area contributed by atoms with Gasteiger partial charge >= 0.3 is 0 Å². The monoisotopic (exact) mass is 365 g/mol. The van der Waals surface area contributed by atoms with Crippen LogP contribution in [0.3, 0.4) is 0 Å². The first-order chi connectivity index (χ1) is 11.1. The second kappa shape index (κ2) is 6.70. The van der Waals surface area contributed by atoms with Crippen molar-refractivity contribution < 1.29 is 0 Å². The molecule has 3 aromatic rings. The van der Waals surface area contributed by atoms with Gasteiger partial charge in [-0.2, -0.15) is 4.98 Å². The molecular weight excluding hydrogens is 353 g/mol. The molecule has 0 amide bonds. The zero-order valence-electron chi connectivity index (χ0n) is 12.1. The lowest BCUT2D eigenvalue weighted by Gasteiger charge is -2.11. The highest BCUT2D eigenvalue weighted by molar-refractivity contribution is 7.98. The summed E-state index contributed by atoms with van der Waals surface area (Å²) in [6, 6.07) is 11.6. The average Bonchev–Trinajstić information content (AvgIpc) is 2.92. The molecule has 0 radical (unpaired) electrons. The van der Waals surface area contributed by atoms with Gasteiger partial charge in [0.2, 0.25) is 11.9 Å². The van der Waals surface area contributed by atoms with Crippen molar-refractivity contribution in [3.63, 3.8) is 0 Å². The SMILES string of the molecule is CSc1ccc(-c2c(Cl)cc(Nc3n[nH]c(N)n3)cc2Cl)cc1. The zero-order valence-corrected chi connectivity index (χ0v) is 14.4. The predicted molar refractivity (Wildman–Crippen MR) is 97.8 cm³/mol. The quantitative estimate of drug-likeness (QED) is 0.577. The van der Waals surface area contributed by atoms with Crippen LogP contribution in [0.15, 0.2) is 41.3 Å². The number of hydrogen-bond donors (Lipinski definition) is 3. The molecule has 0 aliphatic heterocycles. The van der Waals surface area contributed by atoms with Crippen molar-refractivity contribution in [1.82, 2.24) is 15.2 Å². The highest BCUT2D eigenvalue weighted by Crippen LogP contribution is 2.38. The second-order valence-electron chi connectivity index (χ2n) is 4.71. The molecule has 0 fully saturated rings. The van der Waals surface area contributed by atoms with Crippen molar-refractivity contribution in [3.8, 4) is 11.1 Å². The standard InChI is InChI=1S/C15H13Cl2N5S/c1-23-10-4-2-8(3-5-10)13-11(16)6-9(7-12(13)17)19-15-20-14(18)21-22-15/h2-7H,1H3,(H4,18,19,20,21,22). The van der Waals surface area contributed by atoms with E-state index >= 15 is 0 Å². The number of benzene rings is 2. The number of nitrogens with zero attached hydrogens (tertiary/aromatic N) is 2. The van der Waals surface area contributed by atoms with Gasteiger partial charge in [0.25, 0.3) is 0 Å². The van der Waals surface area contributed by atoms with Crippen molar-refractivity contribution in [3.05, 3.63) is 46.4 Å². The largest absolute Gasteiger partial charge is 0.368 e. The smallest absolute Gasteiger partial charge is 0.248 e. The summed E-state index contributed by atoms with van der Waals surface area (Å²) in [7, 11) is 0. The van der Waals surface area contributed by atoms with Crippen LogP contribution in [-0.4, -0.2) is 21.4 Å². The maximum Gasteiger partial charge on any atom is 0.248 e. The zero-order chi connectivity index (χ0) is 16.4. The van der Waals surface area contributed by atoms with Crippen LogP contribution >= 0.6 is 35.0 Å². The van der Waals surface area contributed by atoms with Crippen molar-refractivity contribution >= 4 is 52.5 Å². The summed E-state index contributed by atoms with van der Waals surface area (Å²) < 4.78 is 0. The Bertz CT molecular complexity index is 809. The molecule has 0 saturated carbocycles. The fraction of sp³-hybridized carbons (Fsp3) is 0.0667. The molecule has 0 spiro atoms. The molecule has 3 rings (SSSR count). The lowest BCUT2D eigenvalue weighted by Crippen LogP contribution is -1.94. The summed E-state index contributed by atoms with van der Waals surface area (Å²) in [6.07, 6.45) is 2.03. The number of H-pyrrole nitrogens is 1. The molecule has 4 N–H and O–H groups in total. The van der Waals surface area contributed by atoms with Crippen LogP contribution in [-0.2, 0) is 0 Å². The number of aromatic nitrogens is 3. The first-order valence-electron chi connectivity index (χ1n) is 6.65. The molecule has 5 nitrogen and oxygen atoms in total. The van der Waals surface area contributed by atoms with Crippen LogP contribution in [0.2, 0.25) is 10.0 Å². The molecule has 1 heterocycles. The van der Waals surface area contributed by atoms with Gasteiger partial charge in [-0.25, -0.2) is 5.10 Å². The van der Waals surface area contributed by atoms with Crippen LogP contribution < -0.4 is 11.1 Å². The van der Waals surface area contributed by atoms with E-state index in [1.807, 2.05) is 30.5 Å². The van der Waals surface area contributed by atoms with Gasteiger partial charge in [0, 0.05) is 16.1 Å². The first kappa shape index (κ1) is 16.0. The summed E-state index contributed by atoms with van der Waals surface area (Å²) >= 11 is 14.5. The van der Waals surface area contributed by atoms with E-state index in [0.717, 1.165) is 11.1 Å². The van der Waals surface area contributed by atoms with Crippen LogP contribution in [0.4, 0.5) is 17.6 Å². The van der Waals surface area contributed by atoms with Gasteiger partial charge < -0.3 is 11.1 Å². The molecular formula is C15H13Cl2N5S. The Kier molecular flexibility index (Phi) is 4.66. The highest BCUT2D eigenvalue weighted by atomic mass is 35.5. The van der Waals surface area contributed by atoms with Gasteiger partial charge in [0.15, 0.2) is 0 Å². The average molecular weight is 366 g/mol. The van der Waals surface area contributed by atoms with Crippen LogP contribution in [0.25, 0.3) is 11.1 Å². The number of nitrogen functional groups attached to an aromatic ring is 1. The number of thioether (sulfide) groups is 1. The van der Waals surface area contributed by atoms with E-state index in [1.165, 1.54) is 4.90 Å². The first-order valence-corrected chi connectivity index (χ1v) is 8.63. The minimum atomic E-state index is 0.232. The molecule has 0 bridgehead atoms. The van der Waals surface area contributed by atoms with Crippen LogP contribution in [0, 0.1) is 0 Å². The summed E-state index contributed by atoms with van der Waals surface area (Å²) in [5.74, 6) is 0.585. The summed E-state index contributed by atoms with van der Waals surface area (Å²) in [5, 5.41) is 10.5. The van der Waals surface area contributed by atoms with Gasteiger partial charge in [-0.3, -0.25) is 0 Å². The number of halogens is 2. The topological polar surface area (TPSA) is 79.6 Å². The van der Waals surface area contributed by atoms with Crippen molar-refractivity contribution in [2.24, 2.45) is 0 Å². The summed E-state index contributed by atoms with van der Waals surface area (Å²) in [4.78, 5) is 5.16. The lowest BCUT2D eigenvalue weighted by molar-refractivity contribution is 1.10. The van der Waals surface area contributed by atoms with E-state index in [1.54, 1.807) is 23.9 Å². The van der Waals surface area contributed by atoms with E-state index in [9.17, 15) is 0 Å². The Hall–Kier alpha value is -1.89. The molecule has 8 heteroatoms. The highest BCUT2D eigenvalue weighted by Gasteiger charge is 2.12. The Morgan fingerprint density at radius 1 is 1.13 bits per heavy atom. The number of aromatic amines is 1. The fourth-order valence-corrected chi connectivity index (χ4v) is 3.25. The van der Waals surface area contributed by atoms with Crippen molar-refractivity contribution in [2.75, 3.05) is 17.3 Å². The number of nitrogens with one attached hydrogen (secondary N) is 2. The number of rotatable bonds is 4. The third-order valence-electron chi connectivity index (χ3n) is 3.18. The molecule has 0 atom stereocenters. The summed E-state index contributed by atoms with van der Waals surface area (Å²) in [6.45, 7) is 0. The Morgan fingerprint density at radius 2 is 1.78 bits per heavy atom. The van der Waals surface area contributed by atoms with Gasteiger partial charge in [-0.15, -0.1) is 16.9 Å². The minimum Gasteiger partial charge on any atom is -0.368 e. The van der Waals surface area contributed by atoms with Crippen molar-refractivity contribution in [2.45, 2.75) is 4.90 Å². The molecule has 1 aromatic heterocycles. The molecule has 0 unspecified atom stereocenters. The Morgan fingerprint density at radius 3 is 2.30 bits per heavy atom. The minimum absolute atomic E-state index is 0.232. The molecule has 0 aliphatic rings. The molecule has 23 heavy (non-hydrogen) atoms. The predicted octanol–water partition coefficient (Wildman–Crippen LogP) is 4.83. The maximum atomic E-state index is 6.41. The van der Waals surface area contributed by atoms with E-state index in [0.29, 0.717) is 21.7 Å². The third-order valence-corrected chi connectivity index (χ3v) is 4.52. The van der Waals surface area contributed by atoms with Gasteiger partial charge in [0.1, 0.15) is 0 Å². The number of hydrogen-bond acceptors (Lipinski definition) is 5. The Labute approximate surface area is 147 Å². The second-order valence-corrected chi connectivity index (χ2v) is 6.41. The van der Waals surface area contributed by atoms with Gasteiger partial charge in [0.05, 0.1) is 10.0 Å². The number of anilines is 3. The molecule has 118 valence electrons. The van der Waals surface area contributed by atoms with E-state index in [4.69, 9.17) is 28.9 Å². The normalized spacial score (nSPS) is 10.7. The fourth-order valence-electron chi connectivity index (χ4n) is 2.14. The summed E-state index contributed by atoms with van der Waals surface area (Å²) in [5.41, 5.74) is 7.93. The van der Waals surface area contributed by atoms with E-state index in [-0.39, 0.29) is 5.95 Å².